The summed E-state index contributed by atoms with van der Waals surface area (Å²) in [5.41, 5.74) is 6.19. The molecule has 3 atom stereocenters. The highest BCUT2D eigenvalue weighted by atomic mass is 31.2. The molecule has 3 unspecified atom stereocenters. The third-order valence-corrected chi connectivity index (χ3v) is 13.4. The van der Waals surface area contributed by atoms with Crippen molar-refractivity contribution in [3.05, 3.63) is 228 Å². The van der Waals surface area contributed by atoms with Gasteiger partial charge in [0.15, 0.2) is 29.1 Å². The van der Waals surface area contributed by atoms with Gasteiger partial charge in [-0.2, -0.15) is 0 Å². The molecule has 0 saturated heterocycles. The smallest absolute Gasteiger partial charge is 0.431 e. The Balaban J connectivity index is 1.27. The lowest BCUT2D eigenvalue weighted by atomic mass is 9.68. The van der Waals surface area contributed by atoms with Gasteiger partial charge in [0, 0.05) is 13.7 Å². The van der Waals surface area contributed by atoms with Crippen molar-refractivity contribution in [3.63, 3.8) is 0 Å². The number of hydrogen-bond donors (Lipinski definition) is 2. The number of nitrogens with one attached hydrogen (secondary N) is 1. The number of imidazole rings is 1. The number of nitrogens with zero attached hydrogens (tertiary/aromatic N) is 4. The number of methoxy groups -OCH3 is 1. The molecule has 19 heteroatoms. The van der Waals surface area contributed by atoms with E-state index in [9.17, 15) is 19.0 Å². The first kappa shape index (κ1) is 56.4. The zero-order valence-electron chi connectivity index (χ0n) is 44.0. The quantitative estimate of drug-likeness (QED) is 0.0136. The molecule has 8 aromatic rings. The monoisotopic (exact) mass is 1080 g/mol. The van der Waals surface area contributed by atoms with E-state index in [1.807, 2.05) is 187 Å². The SMILES string of the molecule is CONc1nc(C(c2ccccc2)(c2ccccc2)c2ccccc2)nc2c1ncn2C(CCOCP(=O)(O)OC(OC(=O)OC(C)C)OC(=O)OC(C)C)C(OC)OC(c1ccccc1)(c1ccccc1)c1ccccc1. The van der Waals surface area contributed by atoms with Gasteiger partial charge in [-0.25, -0.2) is 34.5 Å². The van der Waals surface area contributed by atoms with E-state index < -0.39 is 68.3 Å². The molecule has 2 N–H and O–H groups in total. The third kappa shape index (κ3) is 13.0. The topological polar surface area (TPSA) is 210 Å². The largest absolute Gasteiger partial charge is 0.513 e. The molecule has 406 valence electrons. The Hall–Kier alpha value is -7.80. The Morgan fingerprint density at radius 1 is 0.615 bits per heavy atom. The Bertz CT molecular complexity index is 3000. The Morgan fingerprint density at radius 2 is 1.04 bits per heavy atom. The number of carbonyl (C=O) groups excluding carboxylic acids is 2. The van der Waals surface area contributed by atoms with Crippen LogP contribution in [-0.4, -0.2) is 88.9 Å². The minimum absolute atomic E-state index is 0.00382. The van der Waals surface area contributed by atoms with Gasteiger partial charge in [-0.1, -0.05) is 182 Å². The summed E-state index contributed by atoms with van der Waals surface area (Å²) >= 11 is 0. The Morgan fingerprint density at radius 3 is 1.44 bits per heavy atom. The maximum Gasteiger partial charge on any atom is 0.513 e. The van der Waals surface area contributed by atoms with E-state index in [4.69, 9.17) is 57.5 Å². The summed E-state index contributed by atoms with van der Waals surface area (Å²) in [5, 5.41) is 0. The lowest BCUT2D eigenvalue weighted by Crippen LogP contribution is -2.41. The predicted molar refractivity (Wildman–Crippen MR) is 290 cm³/mol. The summed E-state index contributed by atoms with van der Waals surface area (Å²) in [5.74, 6) is 0.622. The molecule has 0 aliphatic rings. The molecule has 2 aromatic heterocycles. The molecule has 78 heavy (non-hydrogen) atoms. The van der Waals surface area contributed by atoms with Crippen LogP contribution in [0.5, 0.6) is 0 Å². The van der Waals surface area contributed by atoms with Crippen LogP contribution in [0.1, 0.15) is 79.4 Å². The highest BCUT2D eigenvalue weighted by Crippen LogP contribution is 2.47. The first-order valence-electron chi connectivity index (χ1n) is 25.2. The third-order valence-electron chi connectivity index (χ3n) is 12.4. The van der Waals surface area contributed by atoms with Gasteiger partial charge >= 0.3 is 26.4 Å². The number of carbonyl (C=O) groups is 2. The zero-order chi connectivity index (χ0) is 55.1. The fourth-order valence-corrected chi connectivity index (χ4v) is 10.0. The lowest BCUT2D eigenvalue weighted by molar-refractivity contribution is -0.209. The number of aromatic nitrogens is 4. The van der Waals surface area contributed by atoms with E-state index in [1.165, 1.54) is 14.2 Å². The van der Waals surface area contributed by atoms with Crippen LogP contribution in [0.15, 0.2) is 188 Å². The summed E-state index contributed by atoms with van der Waals surface area (Å²) in [6.07, 6.45) is -4.52. The van der Waals surface area contributed by atoms with Crippen molar-refractivity contribution in [2.75, 3.05) is 32.7 Å². The standard InChI is InChI=1S/C59H62N5O13P/c1-41(2)72-55(65)74-57(75-56(66)73-42(3)4)77-78(67,68)40-71-38-37-49(53(69-5)76-59(46-31-19-10-20-32-46,47-33-21-11-22-34-47)48-35-23-12-24-36-48)64-39-60-50-51(63-70-6)61-54(62-52(50)64)58(43-25-13-7-14-26-43,44-27-15-8-16-28-44)45-29-17-9-18-30-45/h7-36,39,41-42,49,53,57H,37-38,40H2,1-6H3,(H,67,68)(H,61,62,63). The van der Waals surface area contributed by atoms with Crippen molar-refractivity contribution in [3.8, 4) is 0 Å². The average molecular weight is 1080 g/mol. The van der Waals surface area contributed by atoms with E-state index in [2.05, 4.69) is 5.48 Å². The Kier molecular flexibility index (Phi) is 18.8. The van der Waals surface area contributed by atoms with E-state index in [1.54, 1.807) is 34.0 Å². The van der Waals surface area contributed by atoms with E-state index in [0.29, 0.717) is 17.0 Å². The first-order valence-corrected chi connectivity index (χ1v) is 27.0. The van der Waals surface area contributed by atoms with Crippen molar-refractivity contribution in [1.82, 2.24) is 19.5 Å². The second kappa shape index (κ2) is 26.0. The summed E-state index contributed by atoms with van der Waals surface area (Å²) < 4.78 is 60.7. The van der Waals surface area contributed by atoms with Gasteiger partial charge < -0.3 is 42.6 Å². The summed E-state index contributed by atoms with van der Waals surface area (Å²) in [6, 6.07) is 58.4. The van der Waals surface area contributed by atoms with Crippen LogP contribution in [0.2, 0.25) is 0 Å². The molecule has 0 bridgehead atoms. The van der Waals surface area contributed by atoms with Crippen molar-refractivity contribution in [1.29, 1.82) is 0 Å². The normalized spacial score (nSPS) is 13.5. The summed E-state index contributed by atoms with van der Waals surface area (Å²) in [6.45, 7) is 3.60. The maximum atomic E-state index is 13.8. The highest BCUT2D eigenvalue weighted by Gasteiger charge is 2.45. The number of ether oxygens (including phenoxy) is 7. The molecule has 6 aromatic carbocycles. The van der Waals surface area contributed by atoms with E-state index >= 15 is 0 Å². The van der Waals surface area contributed by atoms with Crippen molar-refractivity contribution >= 4 is 36.9 Å². The zero-order valence-corrected chi connectivity index (χ0v) is 44.9. The molecule has 0 aliphatic carbocycles. The van der Waals surface area contributed by atoms with Crippen LogP contribution in [0.4, 0.5) is 15.4 Å². The molecule has 0 saturated carbocycles. The minimum Gasteiger partial charge on any atom is -0.431 e. The average Bonchev–Trinajstić information content (AvgIpc) is 4.01. The second-order valence-corrected chi connectivity index (χ2v) is 20.1. The molecule has 0 radical (unpaired) electrons. The number of benzene rings is 6. The molecule has 0 aliphatic heterocycles. The van der Waals surface area contributed by atoms with Crippen LogP contribution in [0, 0.1) is 0 Å². The molecule has 8 rings (SSSR count). The fraction of sp³-hybridized carbons (Fsp3) is 0.271. The van der Waals surface area contributed by atoms with Crippen molar-refractivity contribution in [2.45, 2.75) is 76.1 Å². The van der Waals surface area contributed by atoms with Crippen LogP contribution in [-0.2, 0) is 58.1 Å². The maximum absolute atomic E-state index is 13.8. The van der Waals surface area contributed by atoms with Gasteiger partial charge in [-0.05, 0) is 67.5 Å². The molecule has 2 heterocycles. The molecule has 0 amide bonds. The molecule has 0 spiro atoms. The van der Waals surface area contributed by atoms with E-state index in [-0.39, 0.29) is 18.8 Å². The van der Waals surface area contributed by atoms with Gasteiger partial charge in [-0.3, -0.25) is 9.40 Å². The summed E-state index contributed by atoms with van der Waals surface area (Å²) in [4.78, 5) is 57.4. The van der Waals surface area contributed by atoms with Crippen molar-refractivity contribution < 1.29 is 61.6 Å². The number of hydrogen-bond acceptors (Lipinski definition) is 16. The fourth-order valence-electron chi connectivity index (χ4n) is 9.25. The number of fused-ring (bicyclic) bond motifs is 1. The Labute approximate surface area is 452 Å². The van der Waals surface area contributed by atoms with E-state index in [0.717, 1.165) is 33.4 Å². The molecule has 0 fully saturated rings. The van der Waals surface area contributed by atoms with Gasteiger partial charge in [0.25, 0.3) is 0 Å². The molecular weight excluding hydrogens is 1020 g/mol. The van der Waals surface area contributed by atoms with Crippen molar-refractivity contribution in [2.24, 2.45) is 0 Å². The second-order valence-electron chi connectivity index (χ2n) is 18.4. The summed E-state index contributed by atoms with van der Waals surface area (Å²) in [7, 11) is -1.91. The van der Waals surface area contributed by atoms with Gasteiger partial charge in [-0.15, -0.1) is 0 Å². The van der Waals surface area contributed by atoms with Gasteiger partial charge in [0.1, 0.15) is 17.4 Å². The van der Waals surface area contributed by atoms with Crippen LogP contribution in [0.25, 0.3) is 11.2 Å². The highest BCUT2D eigenvalue weighted by molar-refractivity contribution is 7.52. The number of rotatable bonds is 25. The first-order chi connectivity index (χ1) is 37.8. The van der Waals surface area contributed by atoms with Gasteiger partial charge in [0.2, 0.25) is 0 Å². The van der Waals surface area contributed by atoms with Gasteiger partial charge in [0.05, 0.1) is 31.7 Å². The van der Waals surface area contributed by atoms with Crippen LogP contribution < -0.4 is 5.48 Å². The number of anilines is 1. The van der Waals surface area contributed by atoms with Crippen LogP contribution >= 0.6 is 7.60 Å². The molecule has 18 nitrogen and oxygen atoms in total. The molecular formula is C59H62N5O13P. The minimum atomic E-state index is -4.91. The lowest BCUT2D eigenvalue weighted by Gasteiger charge is -2.40. The predicted octanol–water partition coefficient (Wildman–Crippen LogP) is 11.7. The van der Waals surface area contributed by atoms with Crippen LogP contribution in [0.3, 0.4) is 0 Å².